The number of hydrogen-bond acceptors (Lipinski definition) is 4. The summed E-state index contributed by atoms with van der Waals surface area (Å²) in [4.78, 5) is 26.1. The minimum atomic E-state index is -0.703. The zero-order valence-electron chi connectivity index (χ0n) is 7.11. The fourth-order valence-electron chi connectivity index (χ4n) is 1.03. The van der Waals surface area contributed by atoms with E-state index >= 15 is 0 Å². The van der Waals surface area contributed by atoms with Crippen molar-refractivity contribution in [2.45, 2.75) is 6.92 Å². The lowest BCUT2D eigenvalue weighted by atomic mass is 10.1. The van der Waals surface area contributed by atoms with Crippen molar-refractivity contribution in [1.82, 2.24) is 0 Å². The highest BCUT2D eigenvalue weighted by Crippen LogP contribution is 2.09. The van der Waals surface area contributed by atoms with Crippen molar-refractivity contribution < 1.29 is 14.4 Å². The van der Waals surface area contributed by atoms with E-state index in [2.05, 4.69) is 4.84 Å². The Hall–Kier alpha value is -1.68. The third kappa shape index (κ3) is 1.91. The number of benzene rings is 1. The standard InChI is InChI=1S/C9H9NO3/c1-6(11)7-4-2-3-5-8(7)9(12)13-10/h2-5H,10H2,1H3. The van der Waals surface area contributed by atoms with E-state index in [1.165, 1.54) is 13.0 Å². The summed E-state index contributed by atoms with van der Waals surface area (Å²) < 4.78 is 0. The lowest BCUT2D eigenvalue weighted by Crippen LogP contribution is -2.13. The molecule has 68 valence electrons. The molecule has 4 heteroatoms. The smallest absolute Gasteiger partial charge is 0.357 e. The van der Waals surface area contributed by atoms with Gasteiger partial charge in [0.1, 0.15) is 0 Å². The van der Waals surface area contributed by atoms with Crippen molar-refractivity contribution in [3.8, 4) is 0 Å². The Bertz CT molecular complexity index is 346. The van der Waals surface area contributed by atoms with Crippen LogP contribution >= 0.6 is 0 Å². The summed E-state index contributed by atoms with van der Waals surface area (Å²) in [6.45, 7) is 1.38. The van der Waals surface area contributed by atoms with Crippen LogP contribution in [-0.2, 0) is 4.84 Å². The van der Waals surface area contributed by atoms with Gasteiger partial charge in [0.25, 0.3) is 0 Å². The predicted molar refractivity (Wildman–Crippen MR) is 46.0 cm³/mol. The average Bonchev–Trinajstić information content (AvgIpc) is 2.16. The molecule has 0 fully saturated rings. The molecule has 1 aromatic carbocycles. The Kier molecular flexibility index (Phi) is 2.76. The van der Waals surface area contributed by atoms with Crippen molar-refractivity contribution in [2.24, 2.45) is 5.90 Å². The summed E-state index contributed by atoms with van der Waals surface area (Å²) in [6.07, 6.45) is 0. The molecule has 1 aromatic rings. The molecule has 0 aliphatic rings. The second-order valence-electron chi connectivity index (χ2n) is 2.51. The molecule has 0 spiro atoms. The molecule has 0 saturated carbocycles. The average molecular weight is 179 g/mol. The number of nitrogens with two attached hydrogens (primary N) is 1. The van der Waals surface area contributed by atoms with E-state index in [1.54, 1.807) is 18.2 Å². The molecule has 0 heterocycles. The maximum absolute atomic E-state index is 11.0. The summed E-state index contributed by atoms with van der Waals surface area (Å²) in [5.74, 6) is 3.82. The van der Waals surface area contributed by atoms with Crippen LogP contribution in [0.1, 0.15) is 27.6 Å². The van der Waals surface area contributed by atoms with E-state index in [9.17, 15) is 9.59 Å². The van der Waals surface area contributed by atoms with Gasteiger partial charge in [-0.2, -0.15) is 5.90 Å². The van der Waals surface area contributed by atoms with Gasteiger partial charge in [-0.3, -0.25) is 4.79 Å². The first kappa shape index (κ1) is 9.41. The molecule has 0 amide bonds. The lowest BCUT2D eigenvalue weighted by molar-refractivity contribution is 0.0500. The van der Waals surface area contributed by atoms with Crippen LogP contribution in [0.3, 0.4) is 0 Å². The van der Waals surface area contributed by atoms with Gasteiger partial charge < -0.3 is 4.84 Å². The Morgan fingerprint density at radius 1 is 1.23 bits per heavy atom. The highest BCUT2D eigenvalue weighted by atomic mass is 16.7. The van der Waals surface area contributed by atoms with Gasteiger partial charge in [0, 0.05) is 5.56 Å². The highest BCUT2D eigenvalue weighted by molar-refractivity contribution is 6.05. The topological polar surface area (TPSA) is 69.4 Å². The highest BCUT2D eigenvalue weighted by Gasteiger charge is 2.13. The zero-order chi connectivity index (χ0) is 9.84. The predicted octanol–water partition coefficient (Wildman–Crippen LogP) is 0.920. The normalized spacial score (nSPS) is 9.38. The van der Waals surface area contributed by atoms with E-state index in [0.29, 0.717) is 5.56 Å². The van der Waals surface area contributed by atoms with Crippen LogP contribution in [0.15, 0.2) is 24.3 Å². The fourth-order valence-corrected chi connectivity index (χ4v) is 1.03. The second-order valence-corrected chi connectivity index (χ2v) is 2.51. The Morgan fingerprint density at radius 2 is 1.77 bits per heavy atom. The number of carbonyl (C=O) groups excluding carboxylic acids is 2. The van der Waals surface area contributed by atoms with Gasteiger partial charge in [0.15, 0.2) is 5.78 Å². The SMILES string of the molecule is CC(=O)c1ccccc1C(=O)ON. The second kappa shape index (κ2) is 3.82. The Balaban J connectivity index is 3.19. The molecule has 0 aliphatic carbocycles. The van der Waals surface area contributed by atoms with E-state index in [4.69, 9.17) is 5.90 Å². The maximum atomic E-state index is 11.0. The van der Waals surface area contributed by atoms with Crippen LogP contribution in [0.5, 0.6) is 0 Å². The van der Waals surface area contributed by atoms with Gasteiger partial charge in [0.05, 0.1) is 5.56 Å². The summed E-state index contributed by atoms with van der Waals surface area (Å²) in [5.41, 5.74) is 0.510. The third-order valence-electron chi connectivity index (χ3n) is 1.63. The summed E-state index contributed by atoms with van der Waals surface area (Å²) in [7, 11) is 0. The number of carbonyl (C=O) groups is 2. The third-order valence-corrected chi connectivity index (χ3v) is 1.63. The zero-order valence-corrected chi connectivity index (χ0v) is 7.11. The number of hydrogen-bond donors (Lipinski definition) is 1. The Morgan fingerprint density at radius 3 is 2.23 bits per heavy atom. The monoisotopic (exact) mass is 179 g/mol. The maximum Gasteiger partial charge on any atom is 0.357 e. The van der Waals surface area contributed by atoms with Gasteiger partial charge in [-0.05, 0) is 13.0 Å². The summed E-state index contributed by atoms with van der Waals surface area (Å²) in [6, 6.07) is 6.35. The molecule has 0 saturated heterocycles. The molecule has 0 unspecified atom stereocenters. The molecule has 1 rings (SSSR count). The van der Waals surface area contributed by atoms with Crippen LogP contribution in [-0.4, -0.2) is 11.8 Å². The van der Waals surface area contributed by atoms with Gasteiger partial charge in [0.2, 0.25) is 0 Å². The van der Waals surface area contributed by atoms with Gasteiger partial charge in [-0.1, -0.05) is 18.2 Å². The van der Waals surface area contributed by atoms with Gasteiger partial charge in [-0.15, -0.1) is 0 Å². The molecular formula is C9H9NO3. The molecule has 0 aliphatic heterocycles. The molecule has 0 bridgehead atoms. The lowest BCUT2D eigenvalue weighted by Gasteiger charge is -2.02. The first-order chi connectivity index (χ1) is 6.16. The summed E-state index contributed by atoms with van der Waals surface area (Å²) >= 11 is 0. The van der Waals surface area contributed by atoms with E-state index in [0.717, 1.165) is 0 Å². The minimum Gasteiger partial charge on any atom is -0.370 e. The largest absolute Gasteiger partial charge is 0.370 e. The van der Waals surface area contributed by atoms with Crippen molar-refractivity contribution >= 4 is 11.8 Å². The number of ketones is 1. The van der Waals surface area contributed by atoms with E-state index in [-0.39, 0.29) is 11.3 Å². The quantitative estimate of drug-likeness (QED) is 0.541. The molecule has 0 atom stereocenters. The molecule has 4 nitrogen and oxygen atoms in total. The minimum absolute atomic E-state index is 0.192. The van der Waals surface area contributed by atoms with Gasteiger partial charge in [-0.25, -0.2) is 4.79 Å². The molecule has 2 N–H and O–H groups in total. The first-order valence-corrected chi connectivity index (χ1v) is 3.68. The van der Waals surface area contributed by atoms with Crippen molar-refractivity contribution in [2.75, 3.05) is 0 Å². The van der Waals surface area contributed by atoms with E-state index < -0.39 is 5.97 Å². The fraction of sp³-hybridized carbons (Fsp3) is 0.111. The van der Waals surface area contributed by atoms with E-state index in [1.807, 2.05) is 0 Å². The van der Waals surface area contributed by atoms with Crippen LogP contribution < -0.4 is 5.90 Å². The van der Waals surface area contributed by atoms with Crippen molar-refractivity contribution in [1.29, 1.82) is 0 Å². The molecule has 13 heavy (non-hydrogen) atoms. The van der Waals surface area contributed by atoms with Crippen LogP contribution in [0, 0.1) is 0 Å². The van der Waals surface area contributed by atoms with Gasteiger partial charge >= 0.3 is 5.97 Å². The van der Waals surface area contributed by atoms with Crippen molar-refractivity contribution in [3.05, 3.63) is 35.4 Å². The molecule has 0 radical (unpaired) electrons. The number of Topliss-reactive ketones (excluding diaryl/α,β-unsaturated/α-hetero) is 1. The molecular weight excluding hydrogens is 170 g/mol. The molecule has 0 aromatic heterocycles. The van der Waals surface area contributed by atoms with Crippen LogP contribution in [0.25, 0.3) is 0 Å². The Labute approximate surface area is 75.3 Å². The van der Waals surface area contributed by atoms with Crippen LogP contribution in [0.4, 0.5) is 0 Å². The first-order valence-electron chi connectivity index (χ1n) is 3.68. The summed E-state index contributed by atoms with van der Waals surface area (Å²) in [5, 5.41) is 0. The van der Waals surface area contributed by atoms with Crippen molar-refractivity contribution in [3.63, 3.8) is 0 Å². The number of rotatable bonds is 2. The van der Waals surface area contributed by atoms with Crippen LogP contribution in [0.2, 0.25) is 0 Å².